The molecule has 3 N–H and O–H groups in total. The Morgan fingerprint density at radius 3 is 2.47 bits per heavy atom. The lowest BCUT2D eigenvalue weighted by atomic mass is 9.82. The van der Waals surface area contributed by atoms with Crippen LogP contribution >= 0.6 is 11.6 Å². The summed E-state index contributed by atoms with van der Waals surface area (Å²) in [6, 6.07) is 7.74. The van der Waals surface area contributed by atoms with Crippen LogP contribution in [-0.2, 0) is 0 Å². The van der Waals surface area contributed by atoms with Crippen molar-refractivity contribution in [2.24, 2.45) is 11.7 Å². The summed E-state index contributed by atoms with van der Waals surface area (Å²) in [6.07, 6.45) is 6.96. The minimum absolute atomic E-state index is 0.00167. The zero-order chi connectivity index (χ0) is 13.7. The fourth-order valence-corrected chi connectivity index (χ4v) is 3.39. The SMILES string of the molecule is NCC(c1cccc(Cl)c1)C(O)C1CCCCCC1. The van der Waals surface area contributed by atoms with E-state index in [0.29, 0.717) is 17.5 Å². The molecule has 0 bridgehead atoms. The Morgan fingerprint density at radius 2 is 1.89 bits per heavy atom. The van der Waals surface area contributed by atoms with Crippen LogP contribution < -0.4 is 5.73 Å². The maximum absolute atomic E-state index is 10.7. The summed E-state index contributed by atoms with van der Waals surface area (Å²) in [5, 5.41) is 11.4. The quantitative estimate of drug-likeness (QED) is 0.827. The molecule has 2 nitrogen and oxygen atoms in total. The van der Waals surface area contributed by atoms with Gasteiger partial charge >= 0.3 is 0 Å². The predicted molar refractivity (Wildman–Crippen MR) is 80.4 cm³/mol. The predicted octanol–water partition coefficient (Wildman–Crippen LogP) is 3.71. The zero-order valence-electron chi connectivity index (χ0n) is 11.4. The van der Waals surface area contributed by atoms with Gasteiger partial charge in [-0.25, -0.2) is 0 Å². The summed E-state index contributed by atoms with van der Waals surface area (Å²) in [6.45, 7) is 0.470. The topological polar surface area (TPSA) is 46.2 Å². The van der Waals surface area contributed by atoms with Gasteiger partial charge in [-0.3, -0.25) is 0 Å². The summed E-state index contributed by atoms with van der Waals surface area (Å²) in [5.41, 5.74) is 6.96. The van der Waals surface area contributed by atoms with Gasteiger partial charge in [0.05, 0.1) is 6.10 Å². The molecule has 19 heavy (non-hydrogen) atoms. The van der Waals surface area contributed by atoms with Crippen LogP contribution in [0.1, 0.15) is 50.0 Å². The van der Waals surface area contributed by atoms with E-state index in [1.54, 1.807) is 0 Å². The third kappa shape index (κ3) is 3.95. The fraction of sp³-hybridized carbons (Fsp3) is 0.625. The Bertz CT molecular complexity index is 388. The molecule has 2 atom stereocenters. The molecule has 1 aliphatic carbocycles. The second kappa shape index (κ2) is 7.28. The van der Waals surface area contributed by atoms with E-state index in [1.165, 1.54) is 25.7 Å². The van der Waals surface area contributed by atoms with Crippen molar-refractivity contribution in [3.63, 3.8) is 0 Å². The van der Waals surface area contributed by atoms with Crippen LogP contribution in [0.25, 0.3) is 0 Å². The van der Waals surface area contributed by atoms with Gasteiger partial charge in [-0.05, 0) is 36.5 Å². The molecule has 2 unspecified atom stereocenters. The van der Waals surface area contributed by atoms with Crippen molar-refractivity contribution >= 4 is 11.6 Å². The second-order valence-corrected chi connectivity index (χ2v) is 6.08. The lowest BCUT2D eigenvalue weighted by Gasteiger charge is -2.29. The number of hydrogen-bond acceptors (Lipinski definition) is 2. The Hall–Kier alpha value is -0.570. The number of hydrogen-bond donors (Lipinski definition) is 2. The minimum atomic E-state index is -0.346. The number of rotatable bonds is 4. The van der Waals surface area contributed by atoms with E-state index in [4.69, 9.17) is 17.3 Å². The largest absolute Gasteiger partial charge is 0.392 e. The molecule has 0 aromatic heterocycles. The molecule has 0 saturated heterocycles. The van der Waals surface area contributed by atoms with Crippen molar-refractivity contribution in [1.82, 2.24) is 0 Å². The Labute approximate surface area is 121 Å². The van der Waals surface area contributed by atoms with Gasteiger partial charge in [-0.1, -0.05) is 49.4 Å². The average Bonchev–Trinajstić information content (AvgIpc) is 2.68. The molecule has 1 saturated carbocycles. The second-order valence-electron chi connectivity index (χ2n) is 5.64. The number of nitrogens with two attached hydrogens (primary N) is 1. The van der Waals surface area contributed by atoms with Crippen LogP contribution in [0.15, 0.2) is 24.3 Å². The normalized spacial score (nSPS) is 20.8. The monoisotopic (exact) mass is 281 g/mol. The Morgan fingerprint density at radius 1 is 1.21 bits per heavy atom. The van der Waals surface area contributed by atoms with E-state index in [0.717, 1.165) is 18.4 Å². The molecule has 1 aromatic carbocycles. The van der Waals surface area contributed by atoms with Crippen LogP contribution in [0.4, 0.5) is 0 Å². The Kier molecular flexibility index (Phi) is 5.68. The van der Waals surface area contributed by atoms with E-state index < -0.39 is 0 Å². The summed E-state index contributed by atoms with van der Waals surface area (Å²) < 4.78 is 0. The summed E-state index contributed by atoms with van der Waals surface area (Å²) in [5.74, 6) is 0.386. The van der Waals surface area contributed by atoms with E-state index in [2.05, 4.69) is 0 Å². The number of halogens is 1. The maximum atomic E-state index is 10.7. The van der Waals surface area contributed by atoms with Crippen LogP contribution in [0.3, 0.4) is 0 Å². The molecule has 1 aromatic rings. The Balaban J connectivity index is 2.11. The third-order valence-electron chi connectivity index (χ3n) is 4.33. The molecule has 1 aliphatic rings. The third-order valence-corrected chi connectivity index (χ3v) is 4.56. The first-order chi connectivity index (χ1) is 9.22. The highest BCUT2D eigenvalue weighted by Gasteiger charge is 2.28. The molecular weight excluding hydrogens is 258 g/mol. The first-order valence-electron chi connectivity index (χ1n) is 7.36. The number of aliphatic hydroxyl groups is 1. The highest BCUT2D eigenvalue weighted by molar-refractivity contribution is 6.30. The molecule has 1 fully saturated rings. The molecular formula is C16H24ClNO. The van der Waals surface area contributed by atoms with Crippen molar-refractivity contribution in [2.75, 3.05) is 6.54 Å². The van der Waals surface area contributed by atoms with E-state index >= 15 is 0 Å². The van der Waals surface area contributed by atoms with Crippen molar-refractivity contribution in [2.45, 2.75) is 50.5 Å². The lowest BCUT2D eigenvalue weighted by Crippen LogP contribution is -2.32. The van der Waals surface area contributed by atoms with Crippen LogP contribution in [0.2, 0.25) is 5.02 Å². The molecule has 106 valence electrons. The van der Waals surface area contributed by atoms with Gasteiger partial charge in [0.1, 0.15) is 0 Å². The first kappa shape index (κ1) is 14.8. The van der Waals surface area contributed by atoms with Crippen molar-refractivity contribution in [3.8, 4) is 0 Å². The summed E-state index contributed by atoms with van der Waals surface area (Å²) in [4.78, 5) is 0. The molecule has 0 spiro atoms. The highest BCUT2D eigenvalue weighted by atomic mass is 35.5. The average molecular weight is 282 g/mol. The molecule has 0 heterocycles. The first-order valence-corrected chi connectivity index (χ1v) is 7.73. The molecule has 0 radical (unpaired) electrons. The molecule has 3 heteroatoms. The van der Waals surface area contributed by atoms with E-state index in [9.17, 15) is 5.11 Å². The number of benzene rings is 1. The van der Waals surface area contributed by atoms with Gasteiger partial charge in [0.15, 0.2) is 0 Å². The molecule has 0 amide bonds. The van der Waals surface area contributed by atoms with Crippen molar-refractivity contribution in [3.05, 3.63) is 34.9 Å². The van der Waals surface area contributed by atoms with Crippen LogP contribution in [0.5, 0.6) is 0 Å². The van der Waals surface area contributed by atoms with E-state index in [1.807, 2.05) is 24.3 Å². The fourth-order valence-electron chi connectivity index (χ4n) is 3.19. The van der Waals surface area contributed by atoms with Gasteiger partial charge in [-0.2, -0.15) is 0 Å². The van der Waals surface area contributed by atoms with Gasteiger partial charge in [0, 0.05) is 17.5 Å². The summed E-state index contributed by atoms with van der Waals surface area (Å²) in [7, 11) is 0. The van der Waals surface area contributed by atoms with E-state index in [-0.39, 0.29) is 12.0 Å². The summed E-state index contributed by atoms with van der Waals surface area (Å²) >= 11 is 6.04. The van der Waals surface area contributed by atoms with Crippen LogP contribution in [0, 0.1) is 5.92 Å². The van der Waals surface area contributed by atoms with Crippen LogP contribution in [-0.4, -0.2) is 17.8 Å². The molecule has 2 rings (SSSR count). The maximum Gasteiger partial charge on any atom is 0.0648 e. The van der Waals surface area contributed by atoms with Crippen molar-refractivity contribution in [1.29, 1.82) is 0 Å². The van der Waals surface area contributed by atoms with Gasteiger partial charge < -0.3 is 10.8 Å². The smallest absolute Gasteiger partial charge is 0.0648 e. The van der Waals surface area contributed by atoms with Crippen molar-refractivity contribution < 1.29 is 5.11 Å². The highest BCUT2D eigenvalue weighted by Crippen LogP contribution is 2.33. The minimum Gasteiger partial charge on any atom is -0.392 e. The lowest BCUT2D eigenvalue weighted by molar-refractivity contribution is 0.0742. The van der Waals surface area contributed by atoms with Gasteiger partial charge in [0.2, 0.25) is 0 Å². The standard InChI is InChI=1S/C16H24ClNO/c17-14-9-5-8-13(10-14)15(11-18)16(19)12-6-3-1-2-4-7-12/h5,8-10,12,15-16,19H,1-4,6-7,11,18H2. The van der Waals surface area contributed by atoms with Gasteiger partial charge in [-0.15, -0.1) is 0 Å². The molecule has 0 aliphatic heterocycles. The van der Waals surface area contributed by atoms with Gasteiger partial charge in [0.25, 0.3) is 0 Å². The zero-order valence-corrected chi connectivity index (χ0v) is 12.1. The number of aliphatic hydroxyl groups excluding tert-OH is 1.